The van der Waals surface area contributed by atoms with Gasteiger partial charge in [0.25, 0.3) is 0 Å². The van der Waals surface area contributed by atoms with Gasteiger partial charge >= 0.3 is 0 Å². The Morgan fingerprint density at radius 2 is 2.14 bits per heavy atom. The second-order valence-corrected chi connectivity index (χ2v) is 9.12. The van der Waals surface area contributed by atoms with Gasteiger partial charge in [0.05, 0.1) is 0 Å². The Morgan fingerprint density at radius 3 is 2.76 bits per heavy atom. The molecular weight excluding hydrogens is 278 g/mol. The molecule has 2 aliphatic carbocycles. The maximum absolute atomic E-state index is 4.63. The quantitative estimate of drug-likeness (QED) is 0.894. The molecule has 3 nitrogen and oxygen atoms in total. The van der Waals surface area contributed by atoms with E-state index in [0.717, 1.165) is 24.3 Å². The van der Waals surface area contributed by atoms with Gasteiger partial charge in [-0.2, -0.15) is 0 Å². The Kier molecular flexibility index (Phi) is 4.28. The van der Waals surface area contributed by atoms with Gasteiger partial charge < -0.3 is 10.2 Å². The lowest BCUT2D eigenvalue weighted by Crippen LogP contribution is -2.34. The number of aromatic nitrogens is 1. The van der Waals surface area contributed by atoms with Gasteiger partial charge in [0.2, 0.25) is 0 Å². The largest absolute Gasteiger partial charge is 0.351 e. The lowest BCUT2D eigenvalue weighted by Gasteiger charge is -2.26. The molecule has 3 rings (SSSR count). The van der Waals surface area contributed by atoms with Crippen LogP contribution in [0.4, 0.5) is 5.13 Å². The molecular formula is C17H29N3S. The molecule has 21 heavy (non-hydrogen) atoms. The van der Waals surface area contributed by atoms with Crippen LogP contribution in [-0.4, -0.2) is 24.1 Å². The van der Waals surface area contributed by atoms with E-state index in [1.54, 1.807) is 0 Å². The minimum Gasteiger partial charge on any atom is -0.351 e. The van der Waals surface area contributed by atoms with Crippen LogP contribution >= 0.6 is 11.3 Å². The second kappa shape index (κ2) is 5.88. The summed E-state index contributed by atoms with van der Waals surface area (Å²) in [6.07, 6.45) is 7.96. The van der Waals surface area contributed by atoms with Crippen molar-refractivity contribution in [3.8, 4) is 0 Å². The molecule has 3 unspecified atom stereocenters. The van der Waals surface area contributed by atoms with Crippen molar-refractivity contribution in [3.63, 3.8) is 0 Å². The predicted octanol–water partition coefficient (Wildman–Crippen LogP) is 3.90. The highest BCUT2D eigenvalue weighted by atomic mass is 32.1. The molecule has 2 saturated carbocycles. The van der Waals surface area contributed by atoms with Crippen LogP contribution in [0.1, 0.15) is 51.3 Å². The average molecular weight is 308 g/mol. The molecule has 1 heterocycles. The van der Waals surface area contributed by atoms with Crippen LogP contribution in [0.25, 0.3) is 0 Å². The molecule has 2 bridgehead atoms. The van der Waals surface area contributed by atoms with E-state index < -0.39 is 0 Å². The highest BCUT2D eigenvalue weighted by molar-refractivity contribution is 7.15. The summed E-state index contributed by atoms with van der Waals surface area (Å²) >= 11 is 1.84. The van der Waals surface area contributed by atoms with E-state index in [9.17, 15) is 0 Å². The number of fused-ring (bicyclic) bond motifs is 2. The van der Waals surface area contributed by atoms with Crippen molar-refractivity contribution in [3.05, 3.63) is 11.1 Å². The smallest absolute Gasteiger partial charge is 0.185 e. The molecule has 118 valence electrons. The zero-order valence-electron chi connectivity index (χ0n) is 13.9. The third kappa shape index (κ3) is 3.78. The van der Waals surface area contributed by atoms with Gasteiger partial charge in [-0.1, -0.05) is 6.42 Å². The van der Waals surface area contributed by atoms with Crippen molar-refractivity contribution in [1.82, 2.24) is 10.3 Å². The summed E-state index contributed by atoms with van der Waals surface area (Å²) in [5.41, 5.74) is 0.166. The van der Waals surface area contributed by atoms with Gasteiger partial charge in [-0.25, -0.2) is 4.98 Å². The lowest BCUT2D eigenvalue weighted by atomic mass is 9.88. The fraction of sp³-hybridized carbons (Fsp3) is 0.824. The van der Waals surface area contributed by atoms with Crippen molar-refractivity contribution < 1.29 is 0 Å². The number of hydrogen-bond donors (Lipinski definition) is 1. The molecule has 0 aromatic carbocycles. The molecule has 3 atom stereocenters. The van der Waals surface area contributed by atoms with Gasteiger partial charge in [0.15, 0.2) is 5.13 Å². The minimum absolute atomic E-state index is 0.166. The van der Waals surface area contributed by atoms with Crippen LogP contribution in [0.3, 0.4) is 0 Å². The lowest BCUT2D eigenvalue weighted by molar-refractivity contribution is 0.337. The Labute approximate surface area is 133 Å². The number of nitrogens with zero attached hydrogens (tertiary/aromatic N) is 2. The zero-order valence-corrected chi connectivity index (χ0v) is 14.7. The summed E-state index contributed by atoms with van der Waals surface area (Å²) < 4.78 is 0. The second-order valence-electron chi connectivity index (χ2n) is 8.03. The maximum Gasteiger partial charge on any atom is 0.185 e. The molecule has 0 amide bonds. The van der Waals surface area contributed by atoms with Crippen molar-refractivity contribution >= 4 is 16.5 Å². The van der Waals surface area contributed by atoms with E-state index in [1.165, 1.54) is 42.2 Å². The molecule has 0 aliphatic heterocycles. The third-order valence-corrected chi connectivity index (χ3v) is 6.17. The topological polar surface area (TPSA) is 28.2 Å². The van der Waals surface area contributed by atoms with Crippen LogP contribution in [0.15, 0.2) is 6.20 Å². The predicted molar refractivity (Wildman–Crippen MR) is 90.9 cm³/mol. The van der Waals surface area contributed by atoms with Crippen molar-refractivity contribution in [2.45, 2.75) is 58.5 Å². The number of hydrogen-bond acceptors (Lipinski definition) is 4. The normalized spacial score (nSPS) is 28.3. The molecule has 0 radical (unpaired) electrons. The standard InChI is InChI=1S/C17H29N3S/c1-17(2,3)19-10-15-9-18-16(21-15)20(4)11-14-8-12-5-6-13(14)7-12/h9,12-14,19H,5-8,10-11H2,1-4H3. The van der Waals surface area contributed by atoms with E-state index in [2.05, 4.69) is 43.0 Å². The highest BCUT2D eigenvalue weighted by Gasteiger charge is 2.39. The Morgan fingerprint density at radius 1 is 1.33 bits per heavy atom. The first-order valence-electron chi connectivity index (χ1n) is 8.31. The first kappa shape index (κ1) is 15.3. The third-order valence-electron chi connectivity index (χ3n) is 5.05. The fourth-order valence-corrected chi connectivity index (χ4v) is 4.76. The zero-order chi connectivity index (χ0) is 15.0. The Hall–Kier alpha value is -0.610. The van der Waals surface area contributed by atoms with Crippen LogP contribution in [0.5, 0.6) is 0 Å². The van der Waals surface area contributed by atoms with Gasteiger partial charge in [0, 0.05) is 36.8 Å². The molecule has 2 aliphatic rings. The summed E-state index contributed by atoms with van der Waals surface area (Å²) in [6, 6.07) is 0. The monoisotopic (exact) mass is 307 g/mol. The molecule has 1 aromatic heterocycles. The first-order valence-corrected chi connectivity index (χ1v) is 9.13. The van der Waals surface area contributed by atoms with Crippen molar-refractivity contribution in [2.24, 2.45) is 17.8 Å². The van der Waals surface area contributed by atoms with Crippen LogP contribution in [0, 0.1) is 17.8 Å². The van der Waals surface area contributed by atoms with Gasteiger partial charge in [-0.15, -0.1) is 11.3 Å². The highest BCUT2D eigenvalue weighted by Crippen LogP contribution is 2.48. The average Bonchev–Trinajstić information content (AvgIpc) is 3.11. The van der Waals surface area contributed by atoms with E-state index >= 15 is 0 Å². The van der Waals surface area contributed by atoms with Crippen molar-refractivity contribution in [1.29, 1.82) is 0 Å². The summed E-state index contributed by atoms with van der Waals surface area (Å²) in [6.45, 7) is 8.73. The summed E-state index contributed by atoms with van der Waals surface area (Å²) in [4.78, 5) is 8.34. The first-order chi connectivity index (χ1) is 9.90. The molecule has 4 heteroatoms. The summed E-state index contributed by atoms with van der Waals surface area (Å²) in [7, 11) is 2.21. The number of nitrogens with one attached hydrogen (secondary N) is 1. The number of anilines is 1. The van der Waals surface area contributed by atoms with Crippen LogP contribution < -0.4 is 10.2 Å². The number of rotatable bonds is 5. The van der Waals surface area contributed by atoms with E-state index in [1.807, 2.05) is 17.5 Å². The fourth-order valence-electron chi connectivity index (χ4n) is 3.94. The molecule has 2 fully saturated rings. The molecule has 0 saturated heterocycles. The van der Waals surface area contributed by atoms with E-state index in [-0.39, 0.29) is 5.54 Å². The summed E-state index contributed by atoms with van der Waals surface area (Å²) in [5.74, 6) is 2.95. The Bertz CT molecular complexity index is 477. The van der Waals surface area contributed by atoms with E-state index in [4.69, 9.17) is 0 Å². The van der Waals surface area contributed by atoms with Gasteiger partial charge in [0.1, 0.15) is 0 Å². The minimum atomic E-state index is 0.166. The molecule has 1 N–H and O–H groups in total. The maximum atomic E-state index is 4.63. The van der Waals surface area contributed by atoms with Crippen LogP contribution in [0.2, 0.25) is 0 Å². The Balaban J connectivity index is 1.53. The SMILES string of the molecule is CN(CC1CC2CCC1C2)c1ncc(CNC(C)(C)C)s1. The molecule has 0 spiro atoms. The van der Waals surface area contributed by atoms with Gasteiger partial charge in [-0.05, 0) is 57.8 Å². The number of thiazole rings is 1. The van der Waals surface area contributed by atoms with Crippen molar-refractivity contribution in [2.75, 3.05) is 18.5 Å². The van der Waals surface area contributed by atoms with Gasteiger partial charge in [-0.3, -0.25) is 0 Å². The molecule has 1 aromatic rings. The summed E-state index contributed by atoms with van der Waals surface area (Å²) in [5, 5.41) is 4.72. The van der Waals surface area contributed by atoms with Crippen LogP contribution in [-0.2, 0) is 6.54 Å². The van der Waals surface area contributed by atoms with E-state index in [0.29, 0.717) is 0 Å².